The zero-order chi connectivity index (χ0) is 18.7. The van der Waals surface area contributed by atoms with Gasteiger partial charge in [-0.2, -0.15) is 0 Å². The standard InChI is InChI=1S/C19H20ClN3O3/c1-12-3-8-17(26-2)16(9-12)22-19(25)21-14-10-18(24)23(11-14)15-6-4-13(20)5-7-15/h3-9,14H,10-11H2,1-2H3,(H2,21,22,25)/t14-/m0/s1. The third kappa shape index (κ3) is 4.08. The minimum Gasteiger partial charge on any atom is -0.495 e. The fraction of sp³-hybridized carbons (Fsp3) is 0.263. The summed E-state index contributed by atoms with van der Waals surface area (Å²) >= 11 is 5.89. The molecule has 0 spiro atoms. The van der Waals surface area contributed by atoms with Gasteiger partial charge in [0.1, 0.15) is 5.75 Å². The van der Waals surface area contributed by atoms with Crippen LogP contribution in [0.5, 0.6) is 5.75 Å². The molecule has 26 heavy (non-hydrogen) atoms. The zero-order valence-electron chi connectivity index (χ0n) is 14.6. The molecule has 136 valence electrons. The number of nitrogens with one attached hydrogen (secondary N) is 2. The topological polar surface area (TPSA) is 70.7 Å². The first-order chi connectivity index (χ1) is 12.5. The van der Waals surface area contributed by atoms with Gasteiger partial charge in [-0.15, -0.1) is 0 Å². The first-order valence-corrected chi connectivity index (χ1v) is 8.62. The largest absolute Gasteiger partial charge is 0.495 e. The zero-order valence-corrected chi connectivity index (χ0v) is 15.3. The van der Waals surface area contributed by atoms with E-state index in [9.17, 15) is 9.59 Å². The third-order valence-electron chi connectivity index (χ3n) is 4.20. The number of amides is 3. The number of benzene rings is 2. The molecule has 0 saturated carbocycles. The number of urea groups is 1. The highest BCUT2D eigenvalue weighted by Crippen LogP contribution is 2.26. The Morgan fingerprint density at radius 3 is 2.65 bits per heavy atom. The van der Waals surface area contributed by atoms with Crippen molar-refractivity contribution in [3.63, 3.8) is 0 Å². The van der Waals surface area contributed by atoms with Gasteiger partial charge < -0.3 is 20.3 Å². The summed E-state index contributed by atoms with van der Waals surface area (Å²) in [5.41, 5.74) is 2.36. The van der Waals surface area contributed by atoms with Crippen LogP contribution in [0.15, 0.2) is 42.5 Å². The molecule has 1 heterocycles. The molecule has 2 aromatic carbocycles. The third-order valence-corrected chi connectivity index (χ3v) is 4.45. The van der Waals surface area contributed by atoms with E-state index in [1.54, 1.807) is 42.3 Å². The molecule has 1 saturated heterocycles. The first kappa shape index (κ1) is 18.1. The number of halogens is 1. The Balaban J connectivity index is 1.63. The van der Waals surface area contributed by atoms with E-state index in [4.69, 9.17) is 16.3 Å². The average molecular weight is 374 g/mol. The van der Waals surface area contributed by atoms with Crippen molar-refractivity contribution in [2.24, 2.45) is 0 Å². The number of methoxy groups -OCH3 is 1. The van der Waals surface area contributed by atoms with Gasteiger partial charge in [0.05, 0.1) is 18.8 Å². The summed E-state index contributed by atoms with van der Waals surface area (Å²) in [6.07, 6.45) is 0.251. The Morgan fingerprint density at radius 2 is 1.96 bits per heavy atom. The summed E-state index contributed by atoms with van der Waals surface area (Å²) in [6.45, 7) is 2.35. The molecule has 2 N–H and O–H groups in total. The van der Waals surface area contributed by atoms with E-state index in [1.807, 2.05) is 19.1 Å². The molecule has 0 aliphatic carbocycles. The Kier molecular flexibility index (Phi) is 5.32. The Morgan fingerprint density at radius 1 is 1.23 bits per heavy atom. The van der Waals surface area contributed by atoms with E-state index >= 15 is 0 Å². The second kappa shape index (κ2) is 7.66. The van der Waals surface area contributed by atoms with Crippen LogP contribution in [0.4, 0.5) is 16.2 Å². The second-order valence-electron chi connectivity index (χ2n) is 6.18. The monoisotopic (exact) mass is 373 g/mol. The van der Waals surface area contributed by atoms with E-state index in [2.05, 4.69) is 10.6 Å². The molecule has 0 aromatic heterocycles. The lowest BCUT2D eigenvalue weighted by atomic mass is 10.2. The van der Waals surface area contributed by atoms with Gasteiger partial charge in [-0.05, 0) is 48.9 Å². The van der Waals surface area contributed by atoms with Crippen molar-refractivity contribution in [2.75, 3.05) is 23.9 Å². The van der Waals surface area contributed by atoms with Crippen molar-refractivity contribution >= 4 is 34.9 Å². The van der Waals surface area contributed by atoms with Crippen LogP contribution in [0.3, 0.4) is 0 Å². The molecule has 6 nitrogen and oxygen atoms in total. The number of hydrogen-bond donors (Lipinski definition) is 2. The maximum atomic E-state index is 12.3. The number of anilines is 2. The first-order valence-electron chi connectivity index (χ1n) is 8.24. The molecular formula is C19H20ClN3O3. The fourth-order valence-electron chi connectivity index (χ4n) is 2.94. The summed E-state index contributed by atoms with van der Waals surface area (Å²) in [5, 5.41) is 6.24. The number of carbonyl (C=O) groups excluding carboxylic acids is 2. The van der Waals surface area contributed by atoms with Crippen LogP contribution in [0.1, 0.15) is 12.0 Å². The number of hydrogen-bond acceptors (Lipinski definition) is 3. The molecule has 3 amide bonds. The lowest BCUT2D eigenvalue weighted by Gasteiger charge is -2.18. The minimum absolute atomic E-state index is 0.0363. The van der Waals surface area contributed by atoms with Crippen molar-refractivity contribution in [1.29, 1.82) is 0 Å². The van der Waals surface area contributed by atoms with Crippen LogP contribution in [0.2, 0.25) is 5.02 Å². The molecule has 1 atom stereocenters. The van der Waals surface area contributed by atoms with E-state index in [1.165, 1.54) is 0 Å². The molecule has 1 aliphatic rings. The Hall–Kier alpha value is -2.73. The van der Waals surface area contributed by atoms with Gasteiger partial charge in [-0.25, -0.2) is 4.79 Å². The summed E-state index contributed by atoms with van der Waals surface area (Å²) < 4.78 is 5.26. The fourth-order valence-corrected chi connectivity index (χ4v) is 3.06. The smallest absolute Gasteiger partial charge is 0.319 e. The second-order valence-corrected chi connectivity index (χ2v) is 6.62. The van der Waals surface area contributed by atoms with Crippen LogP contribution in [0.25, 0.3) is 0 Å². The van der Waals surface area contributed by atoms with Gasteiger partial charge in [0.15, 0.2) is 0 Å². The maximum Gasteiger partial charge on any atom is 0.319 e. The van der Waals surface area contributed by atoms with E-state index < -0.39 is 0 Å². The molecule has 1 aliphatic heterocycles. The van der Waals surface area contributed by atoms with Gasteiger partial charge in [-0.3, -0.25) is 4.79 Å². The van der Waals surface area contributed by atoms with Crippen molar-refractivity contribution in [3.8, 4) is 5.75 Å². The highest BCUT2D eigenvalue weighted by molar-refractivity contribution is 6.30. The van der Waals surface area contributed by atoms with Crippen LogP contribution >= 0.6 is 11.6 Å². The molecule has 0 bridgehead atoms. The van der Waals surface area contributed by atoms with E-state index in [-0.39, 0.29) is 24.4 Å². The minimum atomic E-state index is -0.371. The van der Waals surface area contributed by atoms with Gasteiger partial charge in [0.25, 0.3) is 0 Å². The summed E-state index contributed by atoms with van der Waals surface area (Å²) in [5.74, 6) is 0.543. The van der Waals surface area contributed by atoms with Crippen LogP contribution in [-0.4, -0.2) is 31.6 Å². The quantitative estimate of drug-likeness (QED) is 0.860. The normalized spacial score (nSPS) is 16.5. The molecule has 0 radical (unpaired) electrons. The maximum absolute atomic E-state index is 12.3. The van der Waals surface area contributed by atoms with E-state index in [0.29, 0.717) is 23.0 Å². The lowest BCUT2D eigenvalue weighted by molar-refractivity contribution is -0.117. The Bertz CT molecular complexity index is 823. The lowest BCUT2D eigenvalue weighted by Crippen LogP contribution is -2.39. The molecule has 0 unspecified atom stereocenters. The predicted molar refractivity (Wildman–Crippen MR) is 102 cm³/mol. The number of ether oxygens (including phenoxy) is 1. The number of rotatable bonds is 4. The molecule has 3 rings (SSSR count). The number of carbonyl (C=O) groups is 2. The summed E-state index contributed by atoms with van der Waals surface area (Å²) in [6, 6.07) is 12.0. The highest BCUT2D eigenvalue weighted by atomic mass is 35.5. The van der Waals surface area contributed by atoms with Crippen molar-refractivity contribution < 1.29 is 14.3 Å². The SMILES string of the molecule is COc1ccc(C)cc1NC(=O)N[C@H]1CC(=O)N(c2ccc(Cl)cc2)C1. The Labute approximate surface area is 157 Å². The predicted octanol–water partition coefficient (Wildman–Crippen LogP) is 3.58. The van der Waals surface area contributed by atoms with Gasteiger partial charge in [0.2, 0.25) is 5.91 Å². The molecule has 1 fully saturated rings. The van der Waals surface area contributed by atoms with Crippen molar-refractivity contribution in [3.05, 3.63) is 53.1 Å². The van der Waals surface area contributed by atoms with Crippen molar-refractivity contribution in [1.82, 2.24) is 5.32 Å². The molecule has 2 aromatic rings. The van der Waals surface area contributed by atoms with Gasteiger partial charge in [-0.1, -0.05) is 17.7 Å². The van der Waals surface area contributed by atoms with Gasteiger partial charge >= 0.3 is 6.03 Å². The molecular weight excluding hydrogens is 354 g/mol. The van der Waals surface area contributed by atoms with Crippen LogP contribution in [-0.2, 0) is 4.79 Å². The average Bonchev–Trinajstić information content (AvgIpc) is 2.96. The molecule has 7 heteroatoms. The van der Waals surface area contributed by atoms with Gasteiger partial charge in [0, 0.05) is 23.7 Å². The van der Waals surface area contributed by atoms with Crippen LogP contribution < -0.4 is 20.3 Å². The van der Waals surface area contributed by atoms with Crippen molar-refractivity contribution in [2.45, 2.75) is 19.4 Å². The summed E-state index contributed by atoms with van der Waals surface area (Å²) in [4.78, 5) is 26.2. The van der Waals surface area contributed by atoms with E-state index in [0.717, 1.165) is 11.3 Å². The number of nitrogens with zero attached hydrogens (tertiary/aromatic N) is 1. The number of aryl methyl sites for hydroxylation is 1. The summed E-state index contributed by atoms with van der Waals surface area (Å²) in [7, 11) is 1.55. The van der Waals surface area contributed by atoms with Crippen LogP contribution in [0, 0.1) is 6.92 Å². The highest BCUT2D eigenvalue weighted by Gasteiger charge is 2.31.